The van der Waals surface area contributed by atoms with Gasteiger partial charge in [-0.25, -0.2) is 22.2 Å². The molecule has 1 heterocycles. The predicted molar refractivity (Wildman–Crippen MR) is 139 cm³/mol. The van der Waals surface area contributed by atoms with Crippen LogP contribution in [0, 0.1) is 17.6 Å². The van der Waals surface area contributed by atoms with E-state index in [0.29, 0.717) is 0 Å². The van der Waals surface area contributed by atoms with Crippen LogP contribution < -0.4 is 14.8 Å². The van der Waals surface area contributed by atoms with Crippen LogP contribution in [0.3, 0.4) is 0 Å². The van der Waals surface area contributed by atoms with Gasteiger partial charge in [0.25, 0.3) is 10.0 Å². The van der Waals surface area contributed by atoms with Gasteiger partial charge in [-0.3, -0.25) is 4.72 Å². The molecule has 6 nitrogen and oxygen atoms in total. The number of hydrogen-bond donors (Lipinski definition) is 2. The van der Waals surface area contributed by atoms with Crippen molar-refractivity contribution in [3.8, 4) is 5.75 Å². The smallest absolute Gasteiger partial charge is 0.266 e. The molecule has 12 heteroatoms. The minimum Gasteiger partial charge on any atom is -0.491 e. The van der Waals surface area contributed by atoms with E-state index in [4.69, 9.17) is 27.9 Å². The Kier molecular flexibility index (Phi) is 8.52. The van der Waals surface area contributed by atoms with E-state index < -0.39 is 26.6 Å². The molecule has 0 saturated heterocycles. The van der Waals surface area contributed by atoms with Gasteiger partial charge in [0.1, 0.15) is 22.3 Å². The van der Waals surface area contributed by atoms with Crippen LogP contribution in [0.5, 0.6) is 5.75 Å². The van der Waals surface area contributed by atoms with Crippen molar-refractivity contribution in [2.24, 2.45) is 5.92 Å². The topological polar surface area (TPSA) is 80.3 Å². The number of nitrogens with zero attached hydrogens (tertiary/aromatic N) is 1. The molecule has 36 heavy (non-hydrogen) atoms. The number of rotatable bonds is 9. The molecule has 2 unspecified atom stereocenters. The molecule has 0 fully saturated rings. The summed E-state index contributed by atoms with van der Waals surface area (Å²) in [5.74, 6) is -1.59. The first-order chi connectivity index (χ1) is 17.2. The highest BCUT2D eigenvalue weighted by atomic mass is 35.5. The second kappa shape index (κ2) is 11.4. The predicted octanol–water partition coefficient (Wildman–Crippen LogP) is 6.38. The number of nitrogens with one attached hydrogen (secondary N) is 2. The van der Waals surface area contributed by atoms with Gasteiger partial charge in [-0.2, -0.15) is 0 Å². The number of halogens is 4. The third-order valence-corrected chi connectivity index (χ3v) is 8.35. The number of ether oxygens (including phenoxy) is 1. The lowest BCUT2D eigenvalue weighted by molar-refractivity contribution is 0.236. The van der Waals surface area contributed by atoms with Crippen LogP contribution in [-0.4, -0.2) is 32.6 Å². The highest BCUT2D eigenvalue weighted by molar-refractivity contribution is 7.92. The summed E-state index contributed by atoms with van der Waals surface area (Å²) in [6.45, 7) is 2.85. The lowest BCUT2D eigenvalue weighted by atomic mass is 9.80. The van der Waals surface area contributed by atoms with Gasteiger partial charge in [0.2, 0.25) is 0 Å². The first-order valence-electron chi connectivity index (χ1n) is 11.1. The van der Waals surface area contributed by atoms with Crippen molar-refractivity contribution in [2.75, 3.05) is 17.9 Å². The maximum atomic E-state index is 14.9. The number of sulfonamides is 1. The largest absolute Gasteiger partial charge is 0.491 e. The second-order valence-corrected chi connectivity index (χ2v) is 11.3. The molecule has 1 aliphatic rings. The van der Waals surface area contributed by atoms with Crippen LogP contribution in [-0.2, 0) is 10.0 Å². The number of benzene rings is 2. The molecule has 1 aliphatic carbocycles. The summed E-state index contributed by atoms with van der Waals surface area (Å²) in [6.07, 6.45) is 3.72. The molecule has 2 N–H and O–H groups in total. The summed E-state index contributed by atoms with van der Waals surface area (Å²) >= 11 is 13.5. The van der Waals surface area contributed by atoms with Crippen molar-refractivity contribution in [1.82, 2.24) is 10.3 Å². The summed E-state index contributed by atoms with van der Waals surface area (Å²) in [7, 11) is -4.24. The molecule has 0 bridgehead atoms. The molecule has 0 radical (unpaired) electrons. The van der Waals surface area contributed by atoms with Crippen LogP contribution >= 0.6 is 34.5 Å². The molecule has 192 valence electrons. The number of hydrogen-bond acceptors (Lipinski definition) is 6. The SMILES string of the molecule is CCNC1CCC=C(c2ccc(F)c(Cl)c2)C1COc1cc(F)c(S(=O)(=O)Nc2cscn2)cc1Cl. The number of aromatic nitrogens is 1. The van der Waals surface area contributed by atoms with E-state index >= 15 is 0 Å². The van der Waals surface area contributed by atoms with E-state index in [9.17, 15) is 17.2 Å². The second-order valence-electron chi connectivity index (χ2n) is 8.14. The van der Waals surface area contributed by atoms with Crippen molar-refractivity contribution in [3.63, 3.8) is 0 Å². The zero-order valence-electron chi connectivity index (χ0n) is 19.1. The number of anilines is 1. The molecular formula is C24H23Cl2F2N3O3S2. The molecule has 2 atom stereocenters. The van der Waals surface area contributed by atoms with E-state index in [1.807, 2.05) is 6.92 Å². The molecule has 0 spiro atoms. The van der Waals surface area contributed by atoms with Crippen LogP contribution in [0.25, 0.3) is 5.57 Å². The van der Waals surface area contributed by atoms with Gasteiger partial charge in [0.05, 0.1) is 22.2 Å². The van der Waals surface area contributed by atoms with Gasteiger partial charge < -0.3 is 10.1 Å². The van der Waals surface area contributed by atoms with Crippen LogP contribution in [0.1, 0.15) is 25.3 Å². The van der Waals surface area contributed by atoms with Crippen molar-refractivity contribution < 1.29 is 21.9 Å². The zero-order valence-corrected chi connectivity index (χ0v) is 22.2. The number of allylic oxidation sites excluding steroid dienone is 1. The maximum Gasteiger partial charge on any atom is 0.266 e. The van der Waals surface area contributed by atoms with Crippen molar-refractivity contribution in [1.29, 1.82) is 0 Å². The normalized spacial score (nSPS) is 18.1. The van der Waals surface area contributed by atoms with Crippen molar-refractivity contribution >= 4 is 56.0 Å². The van der Waals surface area contributed by atoms with E-state index in [0.717, 1.165) is 42.7 Å². The fourth-order valence-corrected chi connectivity index (χ4v) is 6.28. The zero-order chi connectivity index (χ0) is 25.9. The molecule has 3 aromatic rings. The van der Waals surface area contributed by atoms with Gasteiger partial charge in [-0.1, -0.05) is 42.3 Å². The van der Waals surface area contributed by atoms with Gasteiger partial charge >= 0.3 is 0 Å². The quantitative estimate of drug-likeness (QED) is 0.310. The van der Waals surface area contributed by atoms with E-state index in [1.54, 1.807) is 12.1 Å². The Hall–Kier alpha value is -2.24. The van der Waals surface area contributed by atoms with Crippen LogP contribution in [0.2, 0.25) is 10.0 Å². The van der Waals surface area contributed by atoms with Crippen LogP contribution in [0.4, 0.5) is 14.6 Å². The summed E-state index contributed by atoms with van der Waals surface area (Å²) in [6, 6.07) is 6.57. The van der Waals surface area contributed by atoms with E-state index in [-0.39, 0.29) is 40.2 Å². The van der Waals surface area contributed by atoms with Crippen LogP contribution in [0.15, 0.2) is 52.2 Å². The maximum absolute atomic E-state index is 14.9. The highest BCUT2D eigenvalue weighted by Crippen LogP contribution is 2.37. The van der Waals surface area contributed by atoms with E-state index in [1.165, 1.54) is 28.3 Å². The first kappa shape index (κ1) is 26.8. The van der Waals surface area contributed by atoms with Gasteiger partial charge in [0.15, 0.2) is 5.82 Å². The van der Waals surface area contributed by atoms with Gasteiger partial charge in [-0.15, -0.1) is 11.3 Å². The molecular weight excluding hydrogens is 551 g/mol. The minimum absolute atomic E-state index is 0.0130. The molecule has 0 aliphatic heterocycles. The summed E-state index contributed by atoms with van der Waals surface area (Å²) in [5, 5.41) is 4.90. The molecule has 2 aromatic carbocycles. The fraction of sp³-hybridized carbons (Fsp3) is 0.292. The standard InChI is InChI=1S/C24H23Cl2F2N3O3S2/c1-2-29-21-5-3-4-15(14-6-7-19(27)17(25)8-14)16(21)11-34-22-10-20(28)23(9-18(22)26)36(32,33)31-24-12-35-13-30-24/h4,6-10,12-13,16,21,29,31H,2-3,5,11H2,1H3. The Morgan fingerprint density at radius 1 is 1.17 bits per heavy atom. The Balaban J connectivity index is 1.58. The Labute approximate surface area is 222 Å². The minimum atomic E-state index is -4.24. The van der Waals surface area contributed by atoms with Crippen molar-refractivity contribution in [2.45, 2.75) is 30.7 Å². The highest BCUT2D eigenvalue weighted by Gasteiger charge is 2.30. The monoisotopic (exact) mass is 573 g/mol. The van der Waals surface area contributed by atoms with Crippen molar-refractivity contribution in [3.05, 3.63) is 74.5 Å². The molecule has 1 aromatic heterocycles. The average Bonchev–Trinajstić information content (AvgIpc) is 3.34. The summed E-state index contributed by atoms with van der Waals surface area (Å²) in [5.41, 5.74) is 3.15. The van der Waals surface area contributed by atoms with Gasteiger partial charge in [0, 0.05) is 23.4 Å². The lowest BCUT2D eigenvalue weighted by Gasteiger charge is -2.33. The third kappa shape index (κ3) is 6.00. The molecule has 0 saturated carbocycles. The molecule has 0 amide bonds. The average molecular weight is 575 g/mol. The first-order valence-corrected chi connectivity index (χ1v) is 14.3. The Bertz CT molecular complexity index is 1370. The Morgan fingerprint density at radius 3 is 2.67 bits per heavy atom. The van der Waals surface area contributed by atoms with Gasteiger partial charge in [-0.05, 0) is 48.7 Å². The lowest BCUT2D eigenvalue weighted by Crippen LogP contribution is -2.41. The Morgan fingerprint density at radius 2 is 1.97 bits per heavy atom. The fourth-order valence-electron chi connectivity index (χ4n) is 4.17. The third-order valence-electron chi connectivity index (χ3n) is 5.81. The summed E-state index contributed by atoms with van der Waals surface area (Å²) in [4.78, 5) is 3.24. The molecule has 4 rings (SSSR count). The summed E-state index contributed by atoms with van der Waals surface area (Å²) < 4.78 is 62.0. The van der Waals surface area contributed by atoms with E-state index in [2.05, 4.69) is 21.1 Å². The number of thiazole rings is 1.